The van der Waals surface area contributed by atoms with E-state index in [0.29, 0.717) is 0 Å². The first-order valence-electron chi connectivity index (χ1n) is 9.10. The summed E-state index contributed by atoms with van der Waals surface area (Å²) in [6.45, 7) is 2.04. The highest BCUT2D eigenvalue weighted by molar-refractivity contribution is 5.96. The second kappa shape index (κ2) is 6.83. The van der Waals surface area contributed by atoms with Crippen LogP contribution in [0.1, 0.15) is 31.2 Å². The van der Waals surface area contributed by atoms with Gasteiger partial charge in [-0.2, -0.15) is 0 Å². The van der Waals surface area contributed by atoms with Crippen LogP contribution in [0.4, 0.5) is 5.82 Å². The molecule has 0 radical (unpaired) electrons. The van der Waals surface area contributed by atoms with Crippen LogP contribution in [-0.4, -0.2) is 22.4 Å². The largest absolute Gasteiger partial charge is 0.497 e. The van der Waals surface area contributed by atoms with Gasteiger partial charge in [-0.05, 0) is 61.7 Å². The third-order valence-corrected chi connectivity index (χ3v) is 5.11. The molecule has 2 heterocycles. The molecule has 3 aromatic rings. The van der Waals surface area contributed by atoms with E-state index in [2.05, 4.69) is 5.32 Å². The van der Waals surface area contributed by atoms with Gasteiger partial charge in [0.1, 0.15) is 22.9 Å². The first kappa shape index (κ1) is 16.6. The molecular weight excluding hydrogens is 326 g/mol. The molecule has 1 amide bonds. The highest BCUT2D eigenvalue weighted by Gasteiger charge is 2.25. The summed E-state index contributed by atoms with van der Waals surface area (Å²) in [5.74, 6) is 1.74. The van der Waals surface area contributed by atoms with Gasteiger partial charge >= 0.3 is 0 Å². The fraction of sp³-hybridized carbons (Fsp3) is 0.333. The van der Waals surface area contributed by atoms with Gasteiger partial charge in [-0.15, -0.1) is 0 Å². The SMILES string of the molecule is COc1ccc(-c2nc3cc(C)ccn3c2NC(=O)C2CCCC2)cc1. The van der Waals surface area contributed by atoms with Gasteiger partial charge in [0.15, 0.2) is 0 Å². The zero-order valence-electron chi connectivity index (χ0n) is 15.2. The monoisotopic (exact) mass is 349 g/mol. The molecule has 2 aromatic heterocycles. The molecule has 0 atom stereocenters. The number of pyridine rings is 1. The van der Waals surface area contributed by atoms with E-state index in [0.717, 1.165) is 59.7 Å². The number of aromatic nitrogens is 2. The molecular formula is C21H23N3O2. The standard InChI is InChI=1S/C21H23N3O2/c1-14-11-12-24-18(13-14)22-19(15-7-9-17(26-2)10-8-15)20(24)23-21(25)16-5-3-4-6-16/h7-13,16H,3-6H2,1-2H3,(H,23,25). The highest BCUT2D eigenvalue weighted by atomic mass is 16.5. The lowest BCUT2D eigenvalue weighted by Crippen LogP contribution is -2.21. The first-order chi connectivity index (χ1) is 12.7. The van der Waals surface area contributed by atoms with Gasteiger partial charge in [0.2, 0.25) is 5.91 Å². The predicted molar refractivity (Wildman–Crippen MR) is 103 cm³/mol. The van der Waals surface area contributed by atoms with E-state index >= 15 is 0 Å². The number of carbonyl (C=O) groups excluding carboxylic acids is 1. The number of fused-ring (bicyclic) bond motifs is 1. The Morgan fingerprint density at radius 1 is 1.19 bits per heavy atom. The summed E-state index contributed by atoms with van der Waals surface area (Å²) >= 11 is 0. The van der Waals surface area contributed by atoms with Gasteiger partial charge < -0.3 is 10.1 Å². The van der Waals surface area contributed by atoms with Crippen LogP contribution in [0.15, 0.2) is 42.6 Å². The van der Waals surface area contributed by atoms with Crippen molar-refractivity contribution in [2.45, 2.75) is 32.6 Å². The number of hydrogen-bond acceptors (Lipinski definition) is 3. The molecule has 4 rings (SSSR count). The number of anilines is 1. The van der Waals surface area contributed by atoms with Crippen molar-refractivity contribution in [1.82, 2.24) is 9.38 Å². The van der Waals surface area contributed by atoms with Crippen LogP contribution in [-0.2, 0) is 4.79 Å². The zero-order valence-corrected chi connectivity index (χ0v) is 15.2. The third kappa shape index (κ3) is 3.05. The molecule has 1 saturated carbocycles. The van der Waals surface area contributed by atoms with Crippen molar-refractivity contribution in [3.63, 3.8) is 0 Å². The van der Waals surface area contributed by atoms with E-state index in [1.807, 2.05) is 53.9 Å². The number of carbonyl (C=O) groups is 1. The Hall–Kier alpha value is -2.82. The average molecular weight is 349 g/mol. The molecule has 5 heteroatoms. The maximum absolute atomic E-state index is 12.7. The van der Waals surface area contributed by atoms with Gasteiger partial charge in [0.25, 0.3) is 0 Å². The lowest BCUT2D eigenvalue weighted by atomic mass is 10.1. The number of hydrogen-bond donors (Lipinski definition) is 1. The summed E-state index contributed by atoms with van der Waals surface area (Å²) in [6.07, 6.45) is 6.18. The Bertz CT molecular complexity index is 938. The maximum atomic E-state index is 12.7. The van der Waals surface area contributed by atoms with Gasteiger partial charge in [-0.1, -0.05) is 12.8 Å². The lowest BCUT2D eigenvalue weighted by molar-refractivity contribution is -0.119. The number of nitrogens with zero attached hydrogens (tertiary/aromatic N) is 2. The molecule has 1 aromatic carbocycles. The number of imidazole rings is 1. The predicted octanol–water partition coefficient (Wildman–Crippen LogP) is 4.45. The van der Waals surface area contributed by atoms with Crippen LogP contribution >= 0.6 is 0 Å². The summed E-state index contributed by atoms with van der Waals surface area (Å²) in [7, 11) is 1.65. The van der Waals surface area contributed by atoms with E-state index in [1.54, 1.807) is 7.11 Å². The Labute approximate surface area is 153 Å². The number of rotatable bonds is 4. The number of benzene rings is 1. The molecule has 0 unspecified atom stereocenters. The fourth-order valence-corrected chi connectivity index (χ4v) is 3.62. The highest BCUT2D eigenvalue weighted by Crippen LogP contribution is 2.32. The summed E-state index contributed by atoms with van der Waals surface area (Å²) in [4.78, 5) is 17.5. The maximum Gasteiger partial charge on any atom is 0.228 e. The van der Waals surface area contributed by atoms with E-state index in [4.69, 9.17) is 9.72 Å². The summed E-state index contributed by atoms with van der Waals surface area (Å²) < 4.78 is 7.20. The lowest BCUT2D eigenvalue weighted by Gasteiger charge is -2.12. The topological polar surface area (TPSA) is 55.6 Å². The molecule has 1 fully saturated rings. The van der Waals surface area contributed by atoms with E-state index in [-0.39, 0.29) is 11.8 Å². The Balaban J connectivity index is 1.78. The van der Waals surface area contributed by atoms with Crippen molar-refractivity contribution >= 4 is 17.4 Å². The minimum Gasteiger partial charge on any atom is -0.497 e. The van der Waals surface area contributed by atoms with E-state index < -0.39 is 0 Å². The van der Waals surface area contributed by atoms with Gasteiger partial charge in [0.05, 0.1) is 7.11 Å². The van der Waals surface area contributed by atoms with Crippen LogP contribution in [0.25, 0.3) is 16.9 Å². The van der Waals surface area contributed by atoms with Crippen molar-refractivity contribution in [2.75, 3.05) is 12.4 Å². The van der Waals surface area contributed by atoms with Crippen LogP contribution in [0, 0.1) is 12.8 Å². The van der Waals surface area contributed by atoms with Crippen molar-refractivity contribution < 1.29 is 9.53 Å². The molecule has 134 valence electrons. The van der Waals surface area contributed by atoms with E-state index in [1.165, 1.54) is 0 Å². The van der Waals surface area contributed by atoms with Crippen LogP contribution in [0.5, 0.6) is 5.75 Å². The minimum atomic E-state index is 0.0969. The molecule has 0 saturated heterocycles. The number of ether oxygens (including phenoxy) is 1. The van der Waals surface area contributed by atoms with Crippen LogP contribution < -0.4 is 10.1 Å². The molecule has 0 spiro atoms. The molecule has 5 nitrogen and oxygen atoms in total. The number of nitrogens with one attached hydrogen (secondary N) is 1. The van der Waals surface area contributed by atoms with Crippen molar-refractivity contribution in [1.29, 1.82) is 0 Å². The molecule has 1 N–H and O–H groups in total. The van der Waals surface area contributed by atoms with Crippen LogP contribution in [0.3, 0.4) is 0 Å². The summed E-state index contributed by atoms with van der Waals surface area (Å²) in [5.41, 5.74) is 3.70. The second-order valence-corrected chi connectivity index (χ2v) is 6.94. The van der Waals surface area contributed by atoms with Gasteiger partial charge in [-0.25, -0.2) is 4.98 Å². The van der Waals surface area contributed by atoms with Gasteiger partial charge in [0, 0.05) is 17.7 Å². The van der Waals surface area contributed by atoms with Crippen molar-refractivity contribution in [3.05, 3.63) is 48.2 Å². The molecule has 1 aliphatic carbocycles. The van der Waals surface area contributed by atoms with Crippen LogP contribution in [0.2, 0.25) is 0 Å². The average Bonchev–Trinajstić information content (AvgIpc) is 3.30. The van der Waals surface area contributed by atoms with Gasteiger partial charge in [-0.3, -0.25) is 9.20 Å². The molecule has 0 aliphatic heterocycles. The smallest absolute Gasteiger partial charge is 0.228 e. The third-order valence-electron chi connectivity index (χ3n) is 5.11. The van der Waals surface area contributed by atoms with Crippen molar-refractivity contribution in [3.8, 4) is 17.0 Å². The zero-order chi connectivity index (χ0) is 18.1. The van der Waals surface area contributed by atoms with Crippen molar-refractivity contribution in [2.24, 2.45) is 5.92 Å². The molecule has 1 aliphatic rings. The Morgan fingerprint density at radius 3 is 2.62 bits per heavy atom. The molecule has 0 bridgehead atoms. The normalized spacial score (nSPS) is 14.7. The quantitative estimate of drug-likeness (QED) is 0.757. The summed E-state index contributed by atoms with van der Waals surface area (Å²) in [5, 5.41) is 3.15. The minimum absolute atomic E-state index is 0.0969. The number of aryl methyl sites for hydroxylation is 1. The number of amides is 1. The Kier molecular flexibility index (Phi) is 4.37. The molecule has 26 heavy (non-hydrogen) atoms. The Morgan fingerprint density at radius 2 is 1.92 bits per heavy atom. The second-order valence-electron chi connectivity index (χ2n) is 6.94. The fourth-order valence-electron chi connectivity index (χ4n) is 3.62. The number of methoxy groups -OCH3 is 1. The summed E-state index contributed by atoms with van der Waals surface area (Å²) in [6, 6.07) is 11.8. The first-order valence-corrected chi connectivity index (χ1v) is 9.10. The van der Waals surface area contributed by atoms with E-state index in [9.17, 15) is 4.79 Å².